The third-order valence-corrected chi connectivity index (χ3v) is 6.98. The minimum Gasteiger partial charge on any atom is -0.492 e. The normalized spacial score (nSPS) is 17.2. The summed E-state index contributed by atoms with van der Waals surface area (Å²) in [7, 11) is 0. The standard InChI is InChI=1S/C26H31N7O3/c1-5-35-18-11-19(22-20-13-28-29-23(20)30-33(22)14-18)17-7-8-21(27-12-17)31-15-26(16-31)9-6-10-32(26)24(34)36-25(2,3)4/h7-8,11-14H,5-6,9-10,15-16H2,1-4H3,(H,29,30). The number of anilines is 1. The Morgan fingerprint density at radius 2 is 2.06 bits per heavy atom. The lowest BCUT2D eigenvalue weighted by atomic mass is 9.87. The summed E-state index contributed by atoms with van der Waals surface area (Å²) in [6.45, 7) is 10.5. The molecule has 0 saturated carbocycles. The zero-order valence-electron chi connectivity index (χ0n) is 21.1. The maximum atomic E-state index is 12.8. The molecule has 10 nitrogen and oxygen atoms in total. The molecule has 6 rings (SSSR count). The van der Waals surface area contributed by atoms with Gasteiger partial charge in [0.05, 0.1) is 35.4 Å². The van der Waals surface area contributed by atoms with E-state index < -0.39 is 5.60 Å². The molecular weight excluding hydrogens is 458 g/mol. The van der Waals surface area contributed by atoms with Crippen molar-refractivity contribution in [1.82, 2.24) is 29.7 Å². The van der Waals surface area contributed by atoms with Crippen molar-refractivity contribution in [1.29, 1.82) is 0 Å². The lowest BCUT2D eigenvalue weighted by Crippen LogP contribution is -2.69. The first-order valence-electron chi connectivity index (χ1n) is 12.5. The van der Waals surface area contributed by atoms with Crippen LogP contribution < -0.4 is 9.64 Å². The first-order valence-corrected chi connectivity index (χ1v) is 12.5. The smallest absolute Gasteiger partial charge is 0.410 e. The Morgan fingerprint density at radius 1 is 1.22 bits per heavy atom. The van der Waals surface area contributed by atoms with E-state index in [1.54, 1.807) is 6.20 Å². The summed E-state index contributed by atoms with van der Waals surface area (Å²) in [4.78, 5) is 21.7. The molecule has 0 aliphatic carbocycles. The fraction of sp³-hybridized carbons (Fsp3) is 0.462. The van der Waals surface area contributed by atoms with Gasteiger partial charge in [-0.1, -0.05) is 0 Å². The number of aromatic nitrogens is 5. The van der Waals surface area contributed by atoms with Crippen LogP contribution in [-0.4, -0.2) is 73.2 Å². The van der Waals surface area contributed by atoms with Crippen LogP contribution in [0.2, 0.25) is 0 Å². The minimum atomic E-state index is -0.496. The highest BCUT2D eigenvalue weighted by atomic mass is 16.6. The van der Waals surface area contributed by atoms with Gasteiger partial charge in [0.15, 0.2) is 5.65 Å². The summed E-state index contributed by atoms with van der Waals surface area (Å²) in [6, 6.07) is 6.15. The number of H-pyrrole nitrogens is 1. The first kappa shape index (κ1) is 22.6. The molecule has 0 unspecified atom stereocenters. The molecule has 1 amide bonds. The van der Waals surface area contributed by atoms with Crippen molar-refractivity contribution in [2.45, 2.75) is 51.7 Å². The molecule has 2 fully saturated rings. The van der Waals surface area contributed by atoms with E-state index in [0.717, 1.165) is 71.7 Å². The number of nitrogens with zero attached hydrogens (tertiary/aromatic N) is 6. The first-order chi connectivity index (χ1) is 17.3. The lowest BCUT2D eigenvalue weighted by molar-refractivity contribution is 0.00225. The van der Waals surface area contributed by atoms with Crippen LogP contribution in [-0.2, 0) is 4.74 Å². The Hall–Kier alpha value is -3.82. The SMILES string of the molecule is CCOc1cc(-c2ccc(N3CC4(CCCN4C(=O)OC(C)(C)C)C3)nc2)c2c3cn[nH]c3nn2c1. The van der Waals surface area contributed by atoms with E-state index in [-0.39, 0.29) is 11.6 Å². The number of fused-ring (bicyclic) bond motifs is 3. The summed E-state index contributed by atoms with van der Waals surface area (Å²) in [5.74, 6) is 1.65. The summed E-state index contributed by atoms with van der Waals surface area (Å²) < 4.78 is 13.3. The minimum absolute atomic E-state index is 0.162. The summed E-state index contributed by atoms with van der Waals surface area (Å²) in [5, 5.41) is 12.6. The van der Waals surface area contributed by atoms with E-state index >= 15 is 0 Å². The van der Waals surface area contributed by atoms with Gasteiger partial charge in [-0.05, 0) is 58.7 Å². The summed E-state index contributed by atoms with van der Waals surface area (Å²) in [6.07, 6.45) is 7.35. The number of hydrogen-bond acceptors (Lipinski definition) is 7. The van der Waals surface area contributed by atoms with Gasteiger partial charge < -0.3 is 14.4 Å². The van der Waals surface area contributed by atoms with Crippen LogP contribution in [0.1, 0.15) is 40.5 Å². The molecule has 2 saturated heterocycles. The van der Waals surface area contributed by atoms with E-state index in [0.29, 0.717) is 6.61 Å². The number of pyridine rings is 2. The van der Waals surface area contributed by atoms with E-state index in [1.165, 1.54) is 0 Å². The van der Waals surface area contributed by atoms with E-state index in [2.05, 4.69) is 26.3 Å². The molecule has 2 aliphatic rings. The summed E-state index contributed by atoms with van der Waals surface area (Å²) >= 11 is 0. The molecule has 0 aromatic carbocycles. The molecule has 6 heterocycles. The van der Waals surface area contributed by atoms with Crippen molar-refractivity contribution in [3.05, 3.63) is 36.8 Å². The number of rotatable bonds is 4. The van der Waals surface area contributed by atoms with E-state index in [1.807, 2.05) is 61.6 Å². The molecule has 10 heteroatoms. The van der Waals surface area contributed by atoms with Crippen molar-refractivity contribution < 1.29 is 14.3 Å². The maximum absolute atomic E-state index is 12.8. The Balaban J connectivity index is 1.25. The fourth-order valence-electron chi connectivity index (χ4n) is 5.43. The average Bonchev–Trinajstić information content (AvgIpc) is 3.51. The van der Waals surface area contributed by atoms with Gasteiger partial charge in [0.1, 0.15) is 17.2 Å². The van der Waals surface area contributed by atoms with Gasteiger partial charge in [-0.15, -0.1) is 5.10 Å². The van der Waals surface area contributed by atoms with Gasteiger partial charge in [-0.25, -0.2) is 14.3 Å². The number of carbonyl (C=O) groups is 1. The number of likely N-dealkylation sites (tertiary alicyclic amines) is 1. The molecular formula is C26H31N7O3. The Bertz CT molecular complexity index is 1430. The largest absolute Gasteiger partial charge is 0.492 e. The van der Waals surface area contributed by atoms with Crippen LogP contribution in [0.4, 0.5) is 10.6 Å². The molecule has 0 bridgehead atoms. The molecule has 36 heavy (non-hydrogen) atoms. The van der Waals surface area contributed by atoms with Gasteiger partial charge in [0, 0.05) is 37.0 Å². The number of nitrogens with one attached hydrogen (secondary N) is 1. The average molecular weight is 490 g/mol. The lowest BCUT2D eigenvalue weighted by Gasteiger charge is -2.53. The predicted molar refractivity (Wildman–Crippen MR) is 136 cm³/mol. The second-order valence-electron chi connectivity index (χ2n) is 10.7. The Morgan fingerprint density at radius 3 is 2.78 bits per heavy atom. The number of amides is 1. The Labute approximate surface area is 209 Å². The van der Waals surface area contributed by atoms with Gasteiger partial charge in [0.2, 0.25) is 0 Å². The molecule has 4 aromatic heterocycles. The molecule has 4 aromatic rings. The Kier molecular flexibility index (Phi) is 5.10. The molecule has 0 radical (unpaired) electrons. The molecule has 188 valence electrons. The zero-order chi connectivity index (χ0) is 25.1. The van der Waals surface area contributed by atoms with Gasteiger partial charge in [-0.2, -0.15) is 5.10 Å². The highest BCUT2D eigenvalue weighted by Crippen LogP contribution is 2.41. The van der Waals surface area contributed by atoms with Crippen LogP contribution in [0.3, 0.4) is 0 Å². The van der Waals surface area contributed by atoms with Crippen LogP contribution >= 0.6 is 0 Å². The second kappa shape index (κ2) is 8.11. The topological polar surface area (TPSA) is 101 Å². The van der Waals surface area contributed by atoms with Gasteiger partial charge in [0.25, 0.3) is 0 Å². The van der Waals surface area contributed by atoms with Crippen LogP contribution in [0.15, 0.2) is 36.8 Å². The highest BCUT2D eigenvalue weighted by Gasteiger charge is 2.53. The third kappa shape index (κ3) is 3.71. The fourth-order valence-corrected chi connectivity index (χ4v) is 5.43. The quantitative estimate of drug-likeness (QED) is 0.457. The highest BCUT2D eigenvalue weighted by molar-refractivity contribution is 6.00. The summed E-state index contributed by atoms with van der Waals surface area (Å²) in [5.41, 5.74) is 2.98. The van der Waals surface area contributed by atoms with Crippen LogP contribution in [0, 0.1) is 0 Å². The number of ether oxygens (including phenoxy) is 2. The van der Waals surface area contributed by atoms with E-state index in [4.69, 9.17) is 14.5 Å². The molecule has 1 N–H and O–H groups in total. The number of carbonyl (C=O) groups excluding carboxylic acids is 1. The zero-order valence-corrected chi connectivity index (χ0v) is 21.1. The van der Waals surface area contributed by atoms with Crippen molar-refractivity contribution >= 4 is 28.5 Å². The van der Waals surface area contributed by atoms with Crippen molar-refractivity contribution in [2.75, 3.05) is 31.1 Å². The monoisotopic (exact) mass is 489 g/mol. The molecule has 1 spiro atoms. The third-order valence-electron chi connectivity index (χ3n) is 6.98. The van der Waals surface area contributed by atoms with Gasteiger partial charge in [-0.3, -0.25) is 10.00 Å². The maximum Gasteiger partial charge on any atom is 0.410 e. The van der Waals surface area contributed by atoms with Crippen molar-refractivity contribution in [3.63, 3.8) is 0 Å². The van der Waals surface area contributed by atoms with Crippen molar-refractivity contribution in [3.8, 4) is 16.9 Å². The molecule has 0 atom stereocenters. The second-order valence-corrected chi connectivity index (χ2v) is 10.7. The number of hydrogen-bond donors (Lipinski definition) is 1. The van der Waals surface area contributed by atoms with Gasteiger partial charge >= 0.3 is 6.09 Å². The number of aromatic amines is 1. The molecule has 2 aliphatic heterocycles. The van der Waals surface area contributed by atoms with E-state index in [9.17, 15) is 4.79 Å². The predicted octanol–water partition coefficient (Wildman–Crippen LogP) is 4.26. The van der Waals surface area contributed by atoms with Crippen LogP contribution in [0.25, 0.3) is 27.7 Å². The van der Waals surface area contributed by atoms with Crippen LogP contribution in [0.5, 0.6) is 5.75 Å². The van der Waals surface area contributed by atoms with Crippen molar-refractivity contribution in [2.24, 2.45) is 0 Å².